The van der Waals surface area contributed by atoms with Crippen LogP contribution in [0.3, 0.4) is 0 Å². The summed E-state index contributed by atoms with van der Waals surface area (Å²) in [6.07, 6.45) is 15.2. The van der Waals surface area contributed by atoms with Gasteiger partial charge in [0.25, 0.3) is 0 Å². The Labute approximate surface area is 89.5 Å². The molecule has 0 N–H and O–H groups in total. The highest BCUT2D eigenvalue weighted by Crippen LogP contribution is 2.51. The highest BCUT2D eigenvalue weighted by Gasteiger charge is 2.41. The zero-order valence-electron chi connectivity index (χ0n) is 9.80. The maximum Gasteiger partial charge on any atom is -0.0355 e. The fourth-order valence-corrected chi connectivity index (χ4v) is 3.40. The summed E-state index contributed by atoms with van der Waals surface area (Å²) in [4.78, 5) is 0. The molecule has 2 aliphatic carbocycles. The van der Waals surface area contributed by atoms with E-state index in [-0.39, 0.29) is 0 Å². The molecule has 0 aromatic heterocycles. The summed E-state index contributed by atoms with van der Waals surface area (Å²) in [5.74, 6) is 3.48. The first-order valence-corrected chi connectivity index (χ1v) is 6.92. The molecule has 2 saturated carbocycles. The highest BCUT2D eigenvalue weighted by atomic mass is 14.5. The van der Waals surface area contributed by atoms with Crippen LogP contribution in [0.5, 0.6) is 0 Å². The van der Waals surface area contributed by atoms with Crippen LogP contribution < -0.4 is 0 Å². The molecule has 0 saturated heterocycles. The molecule has 0 aromatic rings. The third kappa shape index (κ3) is 2.74. The van der Waals surface area contributed by atoms with E-state index in [9.17, 15) is 0 Å². The Balaban J connectivity index is 1.60. The molecule has 0 bridgehead atoms. The third-order valence-electron chi connectivity index (χ3n) is 4.41. The second-order valence-electron chi connectivity index (χ2n) is 5.55. The van der Waals surface area contributed by atoms with E-state index in [4.69, 9.17) is 0 Å². The monoisotopic (exact) mass is 194 g/mol. The van der Waals surface area contributed by atoms with E-state index in [0.717, 1.165) is 11.8 Å². The van der Waals surface area contributed by atoms with Crippen LogP contribution in [0.1, 0.15) is 71.1 Å². The van der Waals surface area contributed by atoms with Gasteiger partial charge in [0.1, 0.15) is 0 Å². The van der Waals surface area contributed by atoms with Gasteiger partial charge in [-0.15, -0.1) is 0 Å². The largest absolute Gasteiger partial charge is 0.0654 e. The minimum atomic E-state index is 1.15. The zero-order valence-corrected chi connectivity index (χ0v) is 9.80. The summed E-state index contributed by atoms with van der Waals surface area (Å²) >= 11 is 0. The van der Waals surface area contributed by atoms with Crippen molar-refractivity contribution in [2.75, 3.05) is 0 Å². The molecule has 0 amide bonds. The summed E-state index contributed by atoms with van der Waals surface area (Å²) in [5, 5.41) is 0. The number of hydrogen-bond donors (Lipinski definition) is 0. The van der Waals surface area contributed by atoms with Crippen molar-refractivity contribution in [3.05, 3.63) is 0 Å². The minimum absolute atomic E-state index is 1.15. The Morgan fingerprint density at radius 2 is 1.79 bits per heavy atom. The number of rotatable bonds is 5. The molecular weight excluding hydrogens is 168 g/mol. The molecule has 0 nitrogen and oxygen atoms in total. The molecule has 0 aromatic carbocycles. The quantitative estimate of drug-likeness (QED) is 0.552. The van der Waals surface area contributed by atoms with E-state index in [1.54, 1.807) is 25.7 Å². The lowest BCUT2D eigenvalue weighted by molar-refractivity contribution is 0.306. The Bertz CT molecular complexity index is 155. The number of hydrogen-bond acceptors (Lipinski definition) is 0. The van der Waals surface area contributed by atoms with Crippen LogP contribution in [0.2, 0.25) is 0 Å². The third-order valence-corrected chi connectivity index (χ3v) is 4.41. The molecule has 2 rings (SSSR count). The van der Waals surface area contributed by atoms with Crippen LogP contribution >= 0.6 is 0 Å². The molecular formula is C14H26. The maximum atomic E-state index is 2.31. The van der Waals surface area contributed by atoms with Gasteiger partial charge in [-0.3, -0.25) is 0 Å². The Morgan fingerprint density at radius 1 is 1.00 bits per heavy atom. The first kappa shape index (κ1) is 10.5. The van der Waals surface area contributed by atoms with Crippen molar-refractivity contribution >= 4 is 0 Å². The first-order valence-electron chi connectivity index (χ1n) is 6.92. The maximum absolute atomic E-state index is 2.31. The Morgan fingerprint density at radius 3 is 2.50 bits per heavy atom. The minimum Gasteiger partial charge on any atom is -0.0654 e. The standard InChI is InChI=1S/C14H26/c1-2-3-5-10-13-11-14(13)12-8-6-4-7-9-12/h12-14H,2-11H2,1H3. The van der Waals surface area contributed by atoms with Crippen LogP contribution in [0.25, 0.3) is 0 Å². The average molecular weight is 194 g/mol. The predicted molar refractivity (Wildman–Crippen MR) is 62.3 cm³/mol. The molecule has 0 radical (unpaired) electrons. The van der Waals surface area contributed by atoms with Crippen LogP contribution in [-0.4, -0.2) is 0 Å². The van der Waals surface area contributed by atoms with Crippen molar-refractivity contribution in [1.82, 2.24) is 0 Å². The van der Waals surface area contributed by atoms with Crippen molar-refractivity contribution in [2.24, 2.45) is 17.8 Å². The summed E-state index contributed by atoms with van der Waals surface area (Å²) in [6.45, 7) is 2.31. The van der Waals surface area contributed by atoms with Crippen LogP contribution in [0.15, 0.2) is 0 Å². The van der Waals surface area contributed by atoms with E-state index in [2.05, 4.69) is 6.92 Å². The first-order chi connectivity index (χ1) is 6.92. The normalized spacial score (nSPS) is 33.2. The second kappa shape index (κ2) is 5.19. The van der Waals surface area contributed by atoms with Gasteiger partial charge in [-0.2, -0.15) is 0 Å². The highest BCUT2D eigenvalue weighted by molar-refractivity contribution is 4.91. The fourth-order valence-electron chi connectivity index (χ4n) is 3.40. The summed E-state index contributed by atoms with van der Waals surface area (Å²) in [5.41, 5.74) is 0. The Hall–Kier alpha value is 0. The smallest absolute Gasteiger partial charge is 0.0355 e. The van der Waals surface area contributed by atoms with E-state index in [1.807, 2.05) is 0 Å². The lowest BCUT2D eigenvalue weighted by atomic mass is 9.85. The molecule has 0 aliphatic heterocycles. The van der Waals surface area contributed by atoms with E-state index in [0.29, 0.717) is 0 Å². The van der Waals surface area contributed by atoms with Crippen molar-refractivity contribution in [3.8, 4) is 0 Å². The summed E-state index contributed by atoms with van der Waals surface area (Å²) < 4.78 is 0. The van der Waals surface area contributed by atoms with Gasteiger partial charge in [0.05, 0.1) is 0 Å². The van der Waals surface area contributed by atoms with E-state index < -0.39 is 0 Å². The van der Waals surface area contributed by atoms with Crippen molar-refractivity contribution in [2.45, 2.75) is 71.1 Å². The lowest BCUT2D eigenvalue weighted by Crippen LogP contribution is -2.09. The van der Waals surface area contributed by atoms with Crippen LogP contribution in [0.4, 0.5) is 0 Å². The van der Waals surface area contributed by atoms with Gasteiger partial charge in [0.2, 0.25) is 0 Å². The molecule has 2 unspecified atom stereocenters. The molecule has 82 valence electrons. The molecule has 0 spiro atoms. The zero-order chi connectivity index (χ0) is 9.80. The van der Waals surface area contributed by atoms with Gasteiger partial charge in [0.15, 0.2) is 0 Å². The molecule has 0 heteroatoms. The Kier molecular flexibility index (Phi) is 3.89. The van der Waals surface area contributed by atoms with Crippen molar-refractivity contribution in [3.63, 3.8) is 0 Å². The van der Waals surface area contributed by atoms with Gasteiger partial charge in [-0.25, -0.2) is 0 Å². The fraction of sp³-hybridized carbons (Fsp3) is 1.00. The van der Waals surface area contributed by atoms with Crippen LogP contribution in [0, 0.1) is 17.8 Å². The molecule has 2 aliphatic rings. The van der Waals surface area contributed by atoms with Gasteiger partial charge < -0.3 is 0 Å². The predicted octanol–water partition coefficient (Wildman–Crippen LogP) is 4.78. The van der Waals surface area contributed by atoms with Gasteiger partial charge in [-0.1, -0.05) is 64.7 Å². The van der Waals surface area contributed by atoms with Gasteiger partial charge >= 0.3 is 0 Å². The van der Waals surface area contributed by atoms with Gasteiger partial charge in [-0.05, 0) is 24.2 Å². The van der Waals surface area contributed by atoms with E-state index in [1.165, 1.54) is 44.4 Å². The van der Waals surface area contributed by atoms with Gasteiger partial charge in [0, 0.05) is 0 Å². The molecule has 0 heterocycles. The number of unbranched alkanes of at least 4 members (excludes halogenated alkanes) is 2. The topological polar surface area (TPSA) is 0 Å². The second-order valence-corrected chi connectivity index (χ2v) is 5.55. The van der Waals surface area contributed by atoms with E-state index >= 15 is 0 Å². The summed E-state index contributed by atoms with van der Waals surface area (Å²) in [6, 6.07) is 0. The van der Waals surface area contributed by atoms with Crippen molar-refractivity contribution in [1.29, 1.82) is 0 Å². The lowest BCUT2D eigenvalue weighted by Gasteiger charge is -2.21. The summed E-state index contributed by atoms with van der Waals surface area (Å²) in [7, 11) is 0. The van der Waals surface area contributed by atoms with Crippen molar-refractivity contribution < 1.29 is 0 Å². The average Bonchev–Trinajstić information content (AvgIpc) is 2.99. The van der Waals surface area contributed by atoms with Crippen LogP contribution in [-0.2, 0) is 0 Å². The molecule has 2 atom stereocenters. The molecule has 2 fully saturated rings. The SMILES string of the molecule is CCCCCC1CC1C1CCCCC1. The molecule has 14 heavy (non-hydrogen) atoms.